The Morgan fingerprint density at radius 1 is 0.735 bits per heavy atom. The third kappa shape index (κ3) is 9.25. The van der Waals surface area contributed by atoms with Gasteiger partial charge in [-0.05, 0) is 79.3 Å². The Kier molecular flexibility index (Phi) is 13.2. The van der Waals surface area contributed by atoms with Gasteiger partial charge in [-0.15, -0.1) is 18.2 Å². The number of rotatable bonds is 7. The maximum atomic E-state index is 6.63. The van der Waals surface area contributed by atoms with E-state index < -0.39 is 13.3 Å². The molecular weight excluding hydrogens is 1070 g/mol. The van der Waals surface area contributed by atoms with Gasteiger partial charge >= 0.3 is 137 Å². The van der Waals surface area contributed by atoms with Gasteiger partial charge in [0.15, 0.2) is 0 Å². The van der Waals surface area contributed by atoms with Crippen LogP contribution in [0.15, 0.2) is 132 Å². The molecule has 0 unspecified atom stereocenters. The van der Waals surface area contributed by atoms with E-state index in [2.05, 4.69) is 178 Å². The Morgan fingerprint density at radius 2 is 1.49 bits per heavy atom. The van der Waals surface area contributed by atoms with Crippen molar-refractivity contribution in [3.8, 4) is 39.6 Å². The average Bonchev–Trinajstić information content (AvgIpc) is 4.07. The summed E-state index contributed by atoms with van der Waals surface area (Å²) in [4.78, 5) is 20.0. The average molecular weight is 1130 g/mol. The van der Waals surface area contributed by atoms with Crippen LogP contribution in [0.1, 0.15) is 74.4 Å². The van der Waals surface area contributed by atoms with Gasteiger partial charge in [-0.2, -0.15) is 0 Å². The van der Waals surface area contributed by atoms with Crippen LogP contribution >= 0.6 is 0 Å². The molecule has 6 nitrogen and oxygen atoms in total. The van der Waals surface area contributed by atoms with Gasteiger partial charge in [-0.1, -0.05) is 74.2 Å². The van der Waals surface area contributed by atoms with Gasteiger partial charge < -0.3 is 8.98 Å². The number of nitrogens with zero attached hydrogens (tertiary/aromatic N) is 5. The third-order valence-corrected chi connectivity index (χ3v) is 18.0. The molecule has 0 spiro atoms. The van der Waals surface area contributed by atoms with Crippen LogP contribution in [0.2, 0.25) is 17.3 Å². The summed E-state index contributed by atoms with van der Waals surface area (Å²) in [6, 6.07) is 49.0. The topological polar surface area (TPSA) is 69.6 Å². The molecule has 8 heteroatoms. The van der Waals surface area contributed by atoms with Gasteiger partial charge in [0.25, 0.3) is 0 Å². The van der Waals surface area contributed by atoms with Gasteiger partial charge in [0, 0.05) is 47.8 Å². The number of aryl methyl sites for hydroxylation is 3. The van der Waals surface area contributed by atoms with Crippen molar-refractivity contribution in [1.82, 2.24) is 24.5 Å². The molecule has 0 bridgehead atoms. The van der Waals surface area contributed by atoms with Crippen LogP contribution in [-0.2, 0) is 31.9 Å². The standard InChI is InChI=1S/C40H33N4O.C20H26GeN.Ir/c1-23-9-7-10-24(2)34(23)32-22-20-30-29-11-8-12-31(37(29)45-39(30)43-32)38-42-33-21-15-26-14-13-25(3)41-35(26)36(33)44(38)28-18-16-27(17-19-28)40(4,5)6;1-21(2,3)19-15-22-20(17-11-5-4-6-12-17)14-18(19)13-16-9-7-8-10-16;/h7-11,13-22H,1-6H3;4-6,11,14-16H,7-10,13H2,1-3H3;/q2*-1;. The molecular formula is C60H59GeIrN5O-2. The minimum absolute atomic E-state index is 0. The molecule has 1 fully saturated rings. The summed E-state index contributed by atoms with van der Waals surface area (Å²) in [5.41, 5.74) is 16.3. The number of aromatic nitrogens is 5. The van der Waals surface area contributed by atoms with E-state index >= 15 is 0 Å². The van der Waals surface area contributed by atoms with E-state index in [4.69, 9.17) is 24.4 Å². The van der Waals surface area contributed by atoms with Crippen LogP contribution in [0, 0.1) is 38.8 Å². The van der Waals surface area contributed by atoms with Gasteiger partial charge in [-0.25, -0.2) is 4.98 Å². The Hall–Kier alpha value is -5.73. The molecule has 10 aromatic rings. The summed E-state index contributed by atoms with van der Waals surface area (Å²) >= 11 is -1.87. The molecule has 5 aromatic heterocycles. The zero-order chi connectivity index (χ0) is 46.6. The summed E-state index contributed by atoms with van der Waals surface area (Å²) < 4.78 is 10.4. The van der Waals surface area contributed by atoms with Crippen LogP contribution in [0.4, 0.5) is 0 Å². The van der Waals surface area contributed by atoms with Crippen LogP contribution in [0.3, 0.4) is 0 Å². The number of hydrogen-bond donors (Lipinski definition) is 0. The van der Waals surface area contributed by atoms with E-state index in [0.29, 0.717) is 5.71 Å². The summed E-state index contributed by atoms with van der Waals surface area (Å²) in [7, 11) is 0. The predicted octanol–water partition coefficient (Wildman–Crippen LogP) is 15.0. The van der Waals surface area contributed by atoms with Crippen molar-refractivity contribution in [2.45, 2.75) is 96.3 Å². The largest absolute Gasteiger partial charge is 0 e. The van der Waals surface area contributed by atoms with Crippen molar-refractivity contribution in [3.63, 3.8) is 0 Å². The minimum Gasteiger partial charge on any atom is 0 e. The molecule has 0 amide bonds. The van der Waals surface area contributed by atoms with Crippen molar-refractivity contribution < 1.29 is 24.5 Å². The molecule has 11 rings (SSSR count). The summed E-state index contributed by atoms with van der Waals surface area (Å²) in [5, 5.41) is 3.02. The Morgan fingerprint density at radius 3 is 2.19 bits per heavy atom. The Labute approximate surface area is 417 Å². The fraction of sp³-hybridized carbons (Fsp3) is 0.267. The third-order valence-electron chi connectivity index (χ3n) is 13.6. The molecule has 5 heterocycles. The van der Waals surface area contributed by atoms with Crippen LogP contribution in [0.25, 0.3) is 83.6 Å². The van der Waals surface area contributed by atoms with Gasteiger partial charge in [0.2, 0.25) is 5.71 Å². The predicted molar refractivity (Wildman–Crippen MR) is 281 cm³/mol. The monoisotopic (exact) mass is 1130 g/mol. The second-order valence-electron chi connectivity index (χ2n) is 20.6. The number of pyridine rings is 3. The first-order valence-corrected chi connectivity index (χ1v) is 31.2. The van der Waals surface area contributed by atoms with E-state index in [9.17, 15) is 0 Å². The maximum Gasteiger partial charge on any atom is 0 e. The number of benzene rings is 5. The normalized spacial score (nSPS) is 13.3. The zero-order valence-corrected chi connectivity index (χ0v) is 45.2. The molecule has 1 radical (unpaired) electrons. The maximum absolute atomic E-state index is 6.63. The molecule has 345 valence electrons. The second-order valence-corrected chi connectivity index (χ2v) is 31.2. The molecule has 5 aromatic carbocycles. The number of hydrogen-bond acceptors (Lipinski definition) is 5. The van der Waals surface area contributed by atoms with Crippen LogP contribution < -0.4 is 4.40 Å². The molecule has 0 saturated heterocycles. The fourth-order valence-corrected chi connectivity index (χ4v) is 13.4. The van der Waals surface area contributed by atoms with E-state index in [-0.39, 0.29) is 25.5 Å². The van der Waals surface area contributed by atoms with Crippen molar-refractivity contribution in [2.75, 3.05) is 0 Å². The zero-order valence-electron chi connectivity index (χ0n) is 40.7. The molecule has 0 atom stereocenters. The van der Waals surface area contributed by atoms with Crippen LogP contribution in [0.5, 0.6) is 0 Å². The smallest absolute Gasteiger partial charge is 0 e. The van der Waals surface area contributed by atoms with Crippen LogP contribution in [-0.4, -0.2) is 37.8 Å². The molecule has 1 saturated carbocycles. The fourth-order valence-electron chi connectivity index (χ4n) is 10.1. The first-order chi connectivity index (χ1) is 32.2. The minimum atomic E-state index is -1.87. The Balaban J connectivity index is 0.000000211. The van der Waals surface area contributed by atoms with E-state index in [1.165, 1.54) is 48.8 Å². The first-order valence-electron chi connectivity index (χ1n) is 23.9. The van der Waals surface area contributed by atoms with Crippen molar-refractivity contribution in [2.24, 2.45) is 5.92 Å². The number of imidazole rings is 1. The molecule has 68 heavy (non-hydrogen) atoms. The molecule has 1 aliphatic carbocycles. The summed E-state index contributed by atoms with van der Waals surface area (Å²) in [6.45, 7) is 13.0. The van der Waals surface area contributed by atoms with Crippen molar-refractivity contribution in [1.29, 1.82) is 0 Å². The SMILES string of the molecule is Cc1ccc2ccc3nc(-c4[c-]ccc5c4oc4nc(-c6c(C)cccc6C)ccc45)n(-c4ccc(C(C)(C)C)cc4)c3c2n1.[CH3][Ge]([CH3])([CH3])[c]1cnc(-c2[c-]cccc2)cc1CC1CCCC1.[Ir]. The quantitative estimate of drug-likeness (QED) is 0.117. The number of fused-ring (bicyclic) bond motifs is 6. The van der Waals surface area contributed by atoms with Crippen molar-refractivity contribution in [3.05, 3.63) is 168 Å². The van der Waals surface area contributed by atoms with E-state index in [1.54, 1.807) is 9.96 Å². The summed E-state index contributed by atoms with van der Waals surface area (Å²) in [5.74, 6) is 9.07. The second kappa shape index (κ2) is 19.0. The van der Waals surface area contributed by atoms with Gasteiger partial charge in [-0.3, -0.25) is 9.97 Å². The van der Waals surface area contributed by atoms with Crippen molar-refractivity contribution >= 4 is 61.7 Å². The van der Waals surface area contributed by atoms with E-state index in [0.717, 1.165) is 89.5 Å². The molecule has 1 aliphatic rings. The van der Waals surface area contributed by atoms with Gasteiger partial charge in [0.1, 0.15) is 0 Å². The summed E-state index contributed by atoms with van der Waals surface area (Å²) in [6.07, 6.45) is 9.08. The Bertz CT molecular complexity index is 3420. The molecule has 0 N–H and O–H groups in total. The molecule has 0 aliphatic heterocycles. The number of furan rings is 1. The van der Waals surface area contributed by atoms with E-state index in [1.807, 2.05) is 25.1 Å². The van der Waals surface area contributed by atoms with Gasteiger partial charge in [0.05, 0.1) is 33.7 Å². The first kappa shape index (κ1) is 47.3.